The Morgan fingerprint density at radius 2 is 1.91 bits per heavy atom. The summed E-state index contributed by atoms with van der Waals surface area (Å²) in [5.74, 6) is -0.297. The number of hydrogen-bond acceptors (Lipinski definition) is 3. The van der Waals surface area contributed by atoms with Gasteiger partial charge in [-0.05, 0) is 47.5 Å². The van der Waals surface area contributed by atoms with Gasteiger partial charge in [-0.1, -0.05) is 17.8 Å². The molecule has 0 radical (unpaired) electrons. The first-order valence-electron chi connectivity index (χ1n) is 6.78. The molecule has 0 atom stereocenters. The van der Waals surface area contributed by atoms with E-state index in [1.807, 2.05) is 6.07 Å². The van der Waals surface area contributed by atoms with Gasteiger partial charge in [0, 0.05) is 5.75 Å². The van der Waals surface area contributed by atoms with Gasteiger partial charge in [0.2, 0.25) is 0 Å². The molecule has 3 rings (SSSR count). The van der Waals surface area contributed by atoms with Crippen LogP contribution in [0.1, 0.15) is 11.1 Å². The fourth-order valence-electron chi connectivity index (χ4n) is 2.03. The van der Waals surface area contributed by atoms with E-state index in [4.69, 9.17) is 5.26 Å². The molecule has 0 unspecified atom stereocenters. The number of nitriles is 1. The first-order valence-corrected chi connectivity index (χ1v) is 7.76. The van der Waals surface area contributed by atoms with Crippen molar-refractivity contribution in [1.82, 2.24) is 9.97 Å². The molecule has 0 amide bonds. The summed E-state index contributed by atoms with van der Waals surface area (Å²) in [6, 6.07) is 12.4. The number of hydrogen-bond donors (Lipinski definition) is 1. The number of nitrogens with one attached hydrogen (secondary N) is 1. The topological polar surface area (TPSA) is 52.5 Å². The van der Waals surface area contributed by atoms with Gasteiger partial charge in [-0.3, -0.25) is 0 Å². The highest BCUT2D eigenvalue weighted by molar-refractivity contribution is 7.98. The van der Waals surface area contributed by atoms with Crippen LogP contribution in [0.15, 0.2) is 53.8 Å². The zero-order chi connectivity index (χ0) is 16.2. The van der Waals surface area contributed by atoms with Crippen LogP contribution in [-0.4, -0.2) is 9.97 Å². The number of rotatable bonds is 4. The van der Waals surface area contributed by atoms with Crippen molar-refractivity contribution in [2.75, 3.05) is 0 Å². The first-order chi connectivity index (χ1) is 11.2. The van der Waals surface area contributed by atoms with Crippen molar-refractivity contribution in [3.8, 4) is 17.3 Å². The number of aromatic nitrogens is 2. The summed E-state index contributed by atoms with van der Waals surface area (Å²) in [5.41, 5.74) is 2.41. The lowest BCUT2D eigenvalue weighted by molar-refractivity contribution is 0.617. The third-order valence-electron chi connectivity index (χ3n) is 3.25. The molecule has 0 saturated carbocycles. The molecule has 1 aromatic heterocycles. The van der Waals surface area contributed by atoms with Crippen molar-refractivity contribution in [3.63, 3.8) is 0 Å². The zero-order valence-corrected chi connectivity index (χ0v) is 12.7. The lowest BCUT2D eigenvalue weighted by Crippen LogP contribution is -1.89. The van der Waals surface area contributed by atoms with Crippen LogP contribution in [0.5, 0.6) is 0 Å². The normalized spacial score (nSPS) is 10.5. The molecule has 1 N–H and O–H groups in total. The fraction of sp³-hybridized carbons (Fsp3) is 0.0588. The first kappa shape index (κ1) is 15.3. The van der Waals surface area contributed by atoms with E-state index in [-0.39, 0.29) is 5.82 Å². The minimum Gasteiger partial charge on any atom is -0.333 e. The van der Waals surface area contributed by atoms with E-state index in [9.17, 15) is 8.78 Å². The second-order valence-electron chi connectivity index (χ2n) is 4.82. The Hall–Kier alpha value is -2.65. The van der Waals surface area contributed by atoms with Crippen LogP contribution in [0.2, 0.25) is 0 Å². The van der Waals surface area contributed by atoms with Crippen molar-refractivity contribution in [1.29, 1.82) is 5.26 Å². The van der Waals surface area contributed by atoms with Crippen molar-refractivity contribution < 1.29 is 8.78 Å². The van der Waals surface area contributed by atoms with Gasteiger partial charge in [-0.15, -0.1) is 0 Å². The highest BCUT2D eigenvalue weighted by Crippen LogP contribution is 2.25. The van der Waals surface area contributed by atoms with E-state index in [2.05, 4.69) is 9.97 Å². The zero-order valence-electron chi connectivity index (χ0n) is 11.9. The average molecular weight is 327 g/mol. The Bertz CT molecular complexity index is 866. The minimum absolute atomic E-state index is 0.292. The number of imidazole rings is 1. The van der Waals surface area contributed by atoms with Crippen LogP contribution < -0.4 is 0 Å². The second-order valence-corrected chi connectivity index (χ2v) is 5.78. The number of halogens is 2. The van der Waals surface area contributed by atoms with E-state index in [1.165, 1.54) is 30.0 Å². The Morgan fingerprint density at radius 3 is 2.61 bits per heavy atom. The van der Waals surface area contributed by atoms with Crippen LogP contribution >= 0.6 is 11.8 Å². The monoisotopic (exact) mass is 327 g/mol. The molecule has 0 saturated heterocycles. The van der Waals surface area contributed by atoms with E-state index in [0.29, 0.717) is 22.0 Å². The molecule has 3 aromatic rings. The van der Waals surface area contributed by atoms with E-state index in [0.717, 1.165) is 11.3 Å². The van der Waals surface area contributed by atoms with Gasteiger partial charge in [0.15, 0.2) is 5.16 Å². The quantitative estimate of drug-likeness (QED) is 0.717. The third-order valence-corrected chi connectivity index (χ3v) is 4.19. The highest BCUT2D eigenvalue weighted by atomic mass is 32.2. The fourth-order valence-corrected chi connectivity index (χ4v) is 2.87. The summed E-state index contributed by atoms with van der Waals surface area (Å²) < 4.78 is 26.7. The van der Waals surface area contributed by atoms with Crippen LogP contribution in [0.4, 0.5) is 8.78 Å². The molecule has 6 heteroatoms. The summed E-state index contributed by atoms with van der Waals surface area (Å²) in [7, 11) is 0. The predicted molar refractivity (Wildman–Crippen MR) is 84.7 cm³/mol. The largest absolute Gasteiger partial charge is 0.333 e. The van der Waals surface area contributed by atoms with Gasteiger partial charge in [0.1, 0.15) is 11.6 Å². The van der Waals surface area contributed by atoms with Gasteiger partial charge in [-0.25, -0.2) is 13.8 Å². The lowest BCUT2D eigenvalue weighted by atomic mass is 10.1. The van der Waals surface area contributed by atoms with Crippen LogP contribution in [0, 0.1) is 23.0 Å². The SMILES string of the molecule is N#Cc1ccc(CSc2ncc(-c3ccc(F)cc3)[nH]2)c(F)c1. The smallest absolute Gasteiger partial charge is 0.166 e. The van der Waals surface area contributed by atoms with E-state index < -0.39 is 5.82 Å². The maximum atomic E-state index is 13.8. The molecule has 23 heavy (non-hydrogen) atoms. The Kier molecular flexibility index (Phi) is 4.40. The van der Waals surface area contributed by atoms with Gasteiger partial charge in [-0.2, -0.15) is 5.26 Å². The summed E-state index contributed by atoms with van der Waals surface area (Å²) >= 11 is 1.36. The van der Waals surface area contributed by atoms with Crippen LogP contribution in [0.25, 0.3) is 11.3 Å². The van der Waals surface area contributed by atoms with Gasteiger partial charge in [0.25, 0.3) is 0 Å². The molecule has 0 bridgehead atoms. The van der Waals surface area contributed by atoms with Crippen molar-refractivity contribution in [3.05, 3.63) is 71.4 Å². The Balaban J connectivity index is 1.70. The maximum absolute atomic E-state index is 13.8. The predicted octanol–water partition coefficient (Wildman–Crippen LogP) is 4.52. The maximum Gasteiger partial charge on any atom is 0.166 e. The van der Waals surface area contributed by atoms with Crippen molar-refractivity contribution in [2.24, 2.45) is 0 Å². The molecule has 114 valence electrons. The highest BCUT2D eigenvalue weighted by Gasteiger charge is 2.08. The number of H-pyrrole nitrogens is 1. The molecular weight excluding hydrogens is 316 g/mol. The molecule has 0 aliphatic carbocycles. The number of nitrogens with zero attached hydrogens (tertiary/aromatic N) is 2. The summed E-state index contributed by atoms with van der Waals surface area (Å²) in [5, 5.41) is 9.38. The minimum atomic E-state index is -0.401. The molecule has 0 aliphatic heterocycles. The van der Waals surface area contributed by atoms with Gasteiger partial charge >= 0.3 is 0 Å². The average Bonchev–Trinajstić information content (AvgIpc) is 3.03. The van der Waals surface area contributed by atoms with E-state index >= 15 is 0 Å². The summed E-state index contributed by atoms with van der Waals surface area (Å²) in [6.45, 7) is 0. The number of thioether (sulfide) groups is 1. The van der Waals surface area contributed by atoms with Crippen LogP contribution in [0.3, 0.4) is 0 Å². The Morgan fingerprint density at radius 1 is 1.13 bits per heavy atom. The number of aromatic amines is 1. The molecule has 3 nitrogen and oxygen atoms in total. The van der Waals surface area contributed by atoms with Crippen molar-refractivity contribution >= 4 is 11.8 Å². The molecule has 0 spiro atoms. The second kappa shape index (κ2) is 6.63. The van der Waals surface area contributed by atoms with Crippen molar-refractivity contribution in [2.45, 2.75) is 10.9 Å². The molecule has 2 aromatic carbocycles. The van der Waals surface area contributed by atoms with Gasteiger partial charge < -0.3 is 4.98 Å². The molecule has 0 aliphatic rings. The number of benzene rings is 2. The lowest BCUT2D eigenvalue weighted by Gasteiger charge is -2.02. The molecular formula is C17H11F2N3S. The van der Waals surface area contributed by atoms with Crippen LogP contribution in [-0.2, 0) is 5.75 Å². The molecule has 1 heterocycles. The Labute approximate surface area is 136 Å². The summed E-state index contributed by atoms with van der Waals surface area (Å²) in [4.78, 5) is 7.35. The molecule has 0 fully saturated rings. The summed E-state index contributed by atoms with van der Waals surface area (Å²) in [6.07, 6.45) is 1.66. The third kappa shape index (κ3) is 3.58. The standard InChI is InChI=1S/C17H11F2N3S/c18-14-5-3-12(4-6-14)16-9-21-17(22-16)23-10-13-2-1-11(8-20)7-15(13)19/h1-7,9H,10H2,(H,21,22). The van der Waals surface area contributed by atoms with E-state index in [1.54, 1.807) is 30.5 Å². The van der Waals surface area contributed by atoms with Gasteiger partial charge in [0.05, 0.1) is 23.5 Å².